The first-order valence-electron chi connectivity index (χ1n) is 3.17. The molecule has 76 valence electrons. The predicted octanol–water partition coefficient (Wildman–Crippen LogP) is -0.302. The van der Waals surface area contributed by atoms with Crippen molar-refractivity contribution in [3.63, 3.8) is 0 Å². The van der Waals surface area contributed by atoms with Gasteiger partial charge in [-0.05, 0) is 6.92 Å². The first-order chi connectivity index (χ1) is 5.82. The summed E-state index contributed by atoms with van der Waals surface area (Å²) in [7, 11) is 0. The van der Waals surface area contributed by atoms with Crippen LogP contribution in [0.5, 0.6) is 0 Å². The van der Waals surface area contributed by atoms with Crippen molar-refractivity contribution < 1.29 is 28.2 Å². The monoisotopic (exact) mass is 259 g/mol. The van der Waals surface area contributed by atoms with Gasteiger partial charge >= 0.3 is 11.9 Å². The second-order valence-corrected chi connectivity index (χ2v) is 2.74. The van der Waals surface area contributed by atoms with Gasteiger partial charge < -0.3 is 14.6 Å². The quantitative estimate of drug-likeness (QED) is 0.514. The number of carbonyl (C=O) groups excluding carboxylic acids is 2. The van der Waals surface area contributed by atoms with Crippen molar-refractivity contribution in [2.45, 2.75) is 19.0 Å². The van der Waals surface area contributed by atoms with Crippen LogP contribution in [-0.2, 0) is 14.3 Å². The third-order valence-corrected chi connectivity index (χ3v) is 1.66. The third-order valence-electron chi connectivity index (χ3n) is 1.20. The van der Waals surface area contributed by atoms with Gasteiger partial charge in [-0.1, -0.05) is 15.9 Å². The molecule has 0 saturated carbocycles. The molecule has 0 spiro atoms. The topological polar surface area (TPSA) is 66.4 Å². The summed E-state index contributed by atoms with van der Waals surface area (Å²) < 4.78 is 29.0. The zero-order valence-corrected chi connectivity index (χ0v) is 8.14. The van der Waals surface area contributed by atoms with E-state index in [0.717, 1.165) is 6.92 Å². The van der Waals surface area contributed by atoms with Crippen LogP contribution >= 0.6 is 15.9 Å². The Hall–Kier alpha value is -0.720. The summed E-state index contributed by atoms with van der Waals surface area (Å²) in [6, 6.07) is 0. The lowest BCUT2D eigenvalue weighted by Gasteiger charge is -2.23. The number of rotatable bonds is 4. The molecular formula is C6H6BrF2O4-. The molecular weight excluding hydrogens is 254 g/mol. The summed E-state index contributed by atoms with van der Waals surface area (Å²) in [6.07, 6.45) is -2.04. The van der Waals surface area contributed by atoms with Crippen LogP contribution in [0.15, 0.2) is 0 Å². The fourth-order valence-electron chi connectivity index (χ4n) is 0.469. The summed E-state index contributed by atoms with van der Waals surface area (Å²) >= 11 is 2.66. The molecule has 4 nitrogen and oxygen atoms in total. The zero-order chi connectivity index (χ0) is 10.6. The van der Waals surface area contributed by atoms with E-state index in [1.165, 1.54) is 0 Å². The molecule has 0 saturated heterocycles. The van der Waals surface area contributed by atoms with Crippen molar-refractivity contribution in [1.82, 2.24) is 0 Å². The highest BCUT2D eigenvalue weighted by atomic mass is 79.9. The van der Waals surface area contributed by atoms with Crippen LogP contribution in [0, 0.1) is 0 Å². The van der Waals surface area contributed by atoms with E-state index in [4.69, 9.17) is 0 Å². The minimum absolute atomic E-state index is 0.277. The second-order valence-electron chi connectivity index (χ2n) is 2.18. The molecule has 0 aliphatic rings. The molecule has 0 aromatic heterocycles. The Bertz CT molecular complexity index is 219. The van der Waals surface area contributed by atoms with Crippen LogP contribution in [-0.4, -0.2) is 29.3 Å². The van der Waals surface area contributed by atoms with Gasteiger partial charge in [0.25, 0.3) is 0 Å². The number of carboxylic acid groups (broad SMARTS) is 1. The van der Waals surface area contributed by atoms with E-state index in [1.807, 2.05) is 0 Å². The van der Waals surface area contributed by atoms with E-state index >= 15 is 0 Å². The van der Waals surface area contributed by atoms with Crippen LogP contribution < -0.4 is 5.11 Å². The average Bonchev–Trinajstić information content (AvgIpc) is 2.03. The van der Waals surface area contributed by atoms with Gasteiger partial charge in [0.2, 0.25) is 0 Å². The maximum absolute atomic E-state index is 12.5. The highest BCUT2D eigenvalue weighted by Gasteiger charge is 2.40. The van der Waals surface area contributed by atoms with Gasteiger partial charge in [0.05, 0.1) is 0 Å². The van der Waals surface area contributed by atoms with Gasteiger partial charge in [0, 0.05) is 0 Å². The van der Waals surface area contributed by atoms with E-state index in [9.17, 15) is 23.5 Å². The van der Waals surface area contributed by atoms with Crippen molar-refractivity contribution in [1.29, 1.82) is 0 Å². The summed E-state index contributed by atoms with van der Waals surface area (Å²) in [5.74, 6) is -7.70. The molecule has 0 bridgehead atoms. The number of carbonyl (C=O) groups is 2. The summed E-state index contributed by atoms with van der Waals surface area (Å²) in [5, 5.41) is 9.59. The lowest BCUT2D eigenvalue weighted by atomic mass is 10.2. The molecule has 7 heteroatoms. The van der Waals surface area contributed by atoms with Gasteiger partial charge in [0.15, 0.2) is 6.10 Å². The first-order valence-corrected chi connectivity index (χ1v) is 4.29. The number of halogens is 3. The molecule has 0 aromatic carbocycles. The SMILES string of the molecule is CC(OC(=O)CBr)C(F)(F)C(=O)[O-]. The summed E-state index contributed by atoms with van der Waals surface area (Å²) in [6.45, 7) is 0.774. The van der Waals surface area contributed by atoms with Gasteiger partial charge in [-0.2, -0.15) is 8.78 Å². The lowest BCUT2D eigenvalue weighted by Crippen LogP contribution is -2.50. The predicted molar refractivity (Wildman–Crippen MR) is 39.3 cm³/mol. The van der Waals surface area contributed by atoms with Gasteiger partial charge in [-0.3, -0.25) is 4.79 Å². The van der Waals surface area contributed by atoms with Crippen molar-refractivity contribution in [2.75, 3.05) is 5.33 Å². The van der Waals surface area contributed by atoms with Crippen molar-refractivity contribution >= 4 is 27.9 Å². The van der Waals surface area contributed by atoms with Crippen LogP contribution in [0.1, 0.15) is 6.92 Å². The number of hydrogen-bond acceptors (Lipinski definition) is 4. The Balaban J connectivity index is 4.33. The Morgan fingerprint density at radius 2 is 2.08 bits per heavy atom. The number of alkyl halides is 3. The Morgan fingerprint density at radius 3 is 2.38 bits per heavy atom. The molecule has 0 heterocycles. The van der Waals surface area contributed by atoms with E-state index in [1.54, 1.807) is 0 Å². The maximum Gasteiger partial charge on any atom is 0.322 e. The van der Waals surface area contributed by atoms with E-state index in [-0.39, 0.29) is 5.33 Å². The maximum atomic E-state index is 12.5. The molecule has 0 radical (unpaired) electrons. The number of carboxylic acids is 1. The molecule has 1 atom stereocenters. The minimum Gasteiger partial charge on any atom is -0.544 e. The van der Waals surface area contributed by atoms with Crippen LogP contribution in [0.2, 0.25) is 0 Å². The van der Waals surface area contributed by atoms with Crippen LogP contribution in [0.4, 0.5) is 8.78 Å². The Morgan fingerprint density at radius 1 is 1.62 bits per heavy atom. The number of esters is 1. The molecule has 0 amide bonds. The van der Waals surface area contributed by atoms with Crippen LogP contribution in [0.25, 0.3) is 0 Å². The average molecular weight is 260 g/mol. The molecule has 13 heavy (non-hydrogen) atoms. The second kappa shape index (κ2) is 4.50. The molecule has 0 aliphatic heterocycles. The standard InChI is InChI=1S/C6H7BrF2O4/c1-3(13-4(10)2-7)6(8,9)5(11)12/h3H,2H2,1H3,(H,11,12)/p-1. The smallest absolute Gasteiger partial charge is 0.322 e. The fourth-order valence-corrected chi connectivity index (χ4v) is 0.601. The van der Waals surface area contributed by atoms with Gasteiger partial charge in [0.1, 0.15) is 11.3 Å². The van der Waals surface area contributed by atoms with E-state index in [0.29, 0.717) is 0 Å². The fraction of sp³-hybridized carbons (Fsp3) is 0.667. The first kappa shape index (κ1) is 12.3. The summed E-state index contributed by atoms with van der Waals surface area (Å²) in [5.41, 5.74) is 0. The van der Waals surface area contributed by atoms with Crippen molar-refractivity contribution in [3.8, 4) is 0 Å². The number of aliphatic carboxylic acids is 1. The van der Waals surface area contributed by atoms with E-state index in [2.05, 4.69) is 20.7 Å². The number of ether oxygens (including phenoxy) is 1. The van der Waals surface area contributed by atoms with Gasteiger partial charge in [-0.15, -0.1) is 0 Å². The molecule has 1 unspecified atom stereocenters. The molecule has 0 fully saturated rings. The minimum atomic E-state index is -4.17. The third kappa shape index (κ3) is 3.25. The number of hydrogen-bond donors (Lipinski definition) is 0. The Kier molecular flexibility index (Phi) is 4.25. The van der Waals surface area contributed by atoms with Crippen LogP contribution in [0.3, 0.4) is 0 Å². The highest BCUT2D eigenvalue weighted by Crippen LogP contribution is 2.20. The molecule has 0 aliphatic carbocycles. The van der Waals surface area contributed by atoms with Crippen molar-refractivity contribution in [3.05, 3.63) is 0 Å². The van der Waals surface area contributed by atoms with Gasteiger partial charge in [-0.25, -0.2) is 0 Å². The molecule has 0 aromatic rings. The van der Waals surface area contributed by atoms with Crippen molar-refractivity contribution in [2.24, 2.45) is 0 Å². The zero-order valence-electron chi connectivity index (χ0n) is 6.55. The normalized spacial score (nSPS) is 13.5. The van der Waals surface area contributed by atoms with E-state index < -0.39 is 24.0 Å². The highest BCUT2D eigenvalue weighted by molar-refractivity contribution is 9.09. The Labute approximate surface area is 81.0 Å². The summed E-state index contributed by atoms with van der Waals surface area (Å²) in [4.78, 5) is 20.3. The lowest BCUT2D eigenvalue weighted by molar-refractivity contribution is -0.335. The molecule has 0 N–H and O–H groups in total. The molecule has 0 rings (SSSR count). The largest absolute Gasteiger partial charge is 0.544 e.